The number of nitrogens with zero attached hydrogens (tertiary/aromatic N) is 4. The molecular formula is C28H23F3N6O3. The Bertz CT molecular complexity index is 1650. The zero-order valence-electron chi connectivity index (χ0n) is 21.4. The number of nitrogens with one attached hydrogen (secondary N) is 2. The molecule has 2 aromatic heterocycles. The van der Waals surface area contributed by atoms with Crippen LogP contribution < -0.4 is 15.5 Å². The second-order valence-electron chi connectivity index (χ2n) is 9.20. The summed E-state index contributed by atoms with van der Waals surface area (Å²) in [4.78, 5) is 47.9. The number of carbonyl (C=O) groups is 3. The number of anilines is 2. The second kappa shape index (κ2) is 10.3. The van der Waals surface area contributed by atoms with Gasteiger partial charge in [0.2, 0.25) is 0 Å². The molecule has 0 unspecified atom stereocenters. The summed E-state index contributed by atoms with van der Waals surface area (Å²) < 4.78 is 42.3. The predicted molar refractivity (Wildman–Crippen MR) is 141 cm³/mol. The van der Waals surface area contributed by atoms with Crippen molar-refractivity contribution in [1.82, 2.24) is 19.9 Å². The Morgan fingerprint density at radius 1 is 0.950 bits per heavy atom. The molecule has 40 heavy (non-hydrogen) atoms. The molecule has 3 heterocycles. The second-order valence-corrected chi connectivity index (χ2v) is 9.20. The van der Waals surface area contributed by atoms with E-state index < -0.39 is 23.6 Å². The number of halogens is 3. The molecule has 0 aliphatic carbocycles. The molecule has 12 heteroatoms. The van der Waals surface area contributed by atoms with Crippen molar-refractivity contribution in [3.05, 3.63) is 101 Å². The highest BCUT2D eigenvalue weighted by Gasteiger charge is 2.32. The Hall–Kier alpha value is -5.00. The molecule has 0 bridgehead atoms. The van der Waals surface area contributed by atoms with Crippen LogP contribution >= 0.6 is 0 Å². The first kappa shape index (κ1) is 26.6. The van der Waals surface area contributed by atoms with Crippen molar-refractivity contribution < 1.29 is 27.6 Å². The summed E-state index contributed by atoms with van der Waals surface area (Å²) in [6.45, 7) is 2.07. The quantitative estimate of drug-likeness (QED) is 0.384. The average Bonchev–Trinajstić information content (AvgIpc) is 3.57. The minimum Gasteiger partial charge on any atom is -0.354 e. The molecule has 1 aliphatic rings. The number of hydrogen-bond acceptors (Lipinski definition) is 5. The number of rotatable bonds is 5. The van der Waals surface area contributed by atoms with E-state index in [0.717, 1.165) is 17.7 Å². The zero-order valence-corrected chi connectivity index (χ0v) is 21.4. The summed E-state index contributed by atoms with van der Waals surface area (Å²) >= 11 is 0. The molecule has 3 amide bonds. The van der Waals surface area contributed by atoms with Crippen LogP contribution in [0.1, 0.15) is 48.0 Å². The van der Waals surface area contributed by atoms with E-state index in [1.54, 1.807) is 25.3 Å². The molecule has 0 fully saturated rings. The first-order valence-electron chi connectivity index (χ1n) is 12.2. The number of aryl methyl sites for hydroxylation is 1. The van der Waals surface area contributed by atoms with Crippen LogP contribution in [0.5, 0.6) is 0 Å². The topological polar surface area (TPSA) is 109 Å². The maximum absolute atomic E-state index is 13.6. The van der Waals surface area contributed by atoms with Crippen LogP contribution in [-0.2, 0) is 12.6 Å². The van der Waals surface area contributed by atoms with Crippen LogP contribution in [0.15, 0.2) is 67.3 Å². The fourth-order valence-corrected chi connectivity index (χ4v) is 4.46. The lowest BCUT2D eigenvalue weighted by atomic mass is 10.1. The Morgan fingerprint density at radius 3 is 2.45 bits per heavy atom. The third kappa shape index (κ3) is 5.28. The van der Waals surface area contributed by atoms with Gasteiger partial charge in [-0.25, -0.2) is 4.98 Å². The number of hydrogen-bond donors (Lipinski definition) is 2. The molecule has 1 aliphatic heterocycles. The molecule has 5 rings (SSSR count). The maximum atomic E-state index is 13.6. The van der Waals surface area contributed by atoms with Crippen molar-refractivity contribution in [2.24, 2.45) is 0 Å². The van der Waals surface area contributed by atoms with Crippen molar-refractivity contribution in [2.45, 2.75) is 19.5 Å². The van der Waals surface area contributed by atoms with E-state index in [4.69, 9.17) is 0 Å². The maximum Gasteiger partial charge on any atom is 0.416 e. The number of amides is 3. The summed E-state index contributed by atoms with van der Waals surface area (Å²) in [6.07, 6.45) is 0.255. The van der Waals surface area contributed by atoms with Gasteiger partial charge < -0.3 is 20.1 Å². The number of aromatic nitrogens is 3. The van der Waals surface area contributed by atoms with Crippen molar-refractivity contribution in [2.75, 3.05) is 23.8 Å². The molecule has 0 spiro atoms. The molecule has 0 radical (unpaired) electrons. The molecule has 0 saturated heterocycles. The van der Waals surface area contributed by atoms with Crippen LogP contribution in [0.3, 0.4) is 0 Å². The van der Waals surface area contributed by atoms with Gasteiger partial charge in [-0.2, -0.15) is 13.2 Å². The van der Waals surface area contributed by atoms with Gasteiger partial charge in [0.25, 0.3) is 17.7 Å². The number of imidazole rings is 1. The lowest BCUT2D eigenvalue weighted by Gasteiger charge is -2.18. The molecule has 2 N–H and O–H groups in total. The van der Waals surface area contributed by atoms with Gasteiger partial charge in [0.1, 0.15) is 5.69 Å². The minimum atomic E-state index is -4.63. The summed E-state index contributed by atoms with van der Waals surface area (Å²) in [7, 11) is 1.46. The SMILES string of the molecule is CNC(=O)c1cc(C(=O)N2CCc3ccc(C(=O)Nc4cc(-n5cnc(C)c5)cc(C(F)(F)F)c4)cc32)ccn1. The number of alkyl halides is 3. The van der Waals surface area contributed by atoms with E-state index in [2.05, 4.69) is 20.6 Å². The summed E-state index contributed by atoms with van der Waals surface area (Å²) in [5, 5.41) is 5.01. The summed E-state index contributed by atoms with van der Waals surface area (Å²) in [5.74, 6) is -1.45. The van der Waals surface area contributed by atoms with Crippen LogP contribution in [0.25, 0.3) is 5.69 Å². The van der Waals surface area contributed by atoms with E-state index in [0.29, 0.717) is 24.3 Å². The minimum absolute atomic E-state index is 0.0480. The third-order valence-electron chi connectivity index (χ3n) is 6.47. The average molecular weight is 549 g/mol. The molecule has 4 aromatic rings. The standard InChI is InChI=1S/C28H23F3N6O3/c1-16-14-36(15-34-16)22-12-20(28(29,30)31)11-21(13-22)35-25(38)18-4-3-17-6-8-37(24(17)10-18)27(40)19-5-7-33-23(9-19)26(39)32-2/h3-5,7,9-15H,6,8H2,1-2H3,(H,32,39)(H,35,38). The molecule has 9 nitrogen and oxygen atoms in total. The van der Waals surface area contributed by atoms with Crippen molar-refractivity contribution in [1.29, 1.82) is 0 Å². The fraction of sp³-hybridized carbons (Fsp3) is 0.179. The first-order valence-corrected chi connectivity index (χ1v) is 12.2. The predicted octanol–water partition coefficient (Wildman–Crippen LogP) is 4.41. The highest BCUT2D eigenvalue weighted by atomic mass is 19.4. The highest BCUT2D eigenvalue weighted by Crippen LogP contribution is 2.34. The zero-order chi connectivity index (χ0) is 28.6. The molecule has 0 atom stereocenters. The van der Waals surface area contributed by atoms with E-state index in [-0.39, 0.29) is 34.1 Å². The van der Waals surface area contributed by atoms with Crippen LogP contribution in [0.4, 0.5) is 24.5 Å². The highest BCUT2D eigenvalue weighted by molar-refractivity contribution is 6.10. The van der Waals surface area contributed by atoms with Crippen molar-refractivity contribution >= 4 is 29.1 Å². The lowest BCUT2D eigenvalue weighted by molar-refractivity contribution is -0.137. The van der Waals surface area contributed by atoms with Crippen LogP contribution in [-0.4, -0.2) is 45.8 Å². The number of carbonyl (C=O) groups excluding carboxylic acids is 3. The third-order valence-corrected chi connectivity index (χ3v) is 6.47. The smallest absolute Gasteiger partial charge is 0.354 e. The summed E-state index contributed by atoms with van der Waals surface area (Å²) in [6, 6.07) is 11.0. The number of pyridine rings is 1. The van der Waals surface area contributed by atoms with E-state index >= 15 is 0 Å². The van der Waals surface area contributed by atoms with Gasteiger partial charge >= 0.3 is 6.18 Å². The van der Waals surface area contributed by atoms with Gasteiger partial charge in [0, 0.05) is 54.2 Å². The first-order chi connectivity index (χ1) is 19.0. The number of fused-ring (bicyclic) bond motifs is 1. The van der Waals surface area contributed by atoms with E-state index in [1.165, 1.54) is 53.3 Å². The van der Waals surface area contributed by atoms with Gasteiger partial charge in [-0.3, -0.25) is 19.4 Å². The van der Waals surface area contributed by atoms with Gasteiger partial charge in [0.05, 0.1) is 17.6 Å². The molecule has 2 aromatic carbocycles. The normalized spacial score (nSPS) is 12.7. The molecule has 204 valence electrons. The van der Waals surface area contributed by atoms with Crippen LogP contribution in [0.2, 0.25) is 0 Å². The largest absolute Gasteiger partial charge is 0.416 e. The Balaban J connectivity index is 1.42. The van der Waals surface area contributed by atoms with Gasteiger partial charge in [-0.05, 0) is 61.4 Å². The van der Waals surface area contributed by atoms with Crippen LogP contribution in [0, 0.1) is 6.92 Å². The lowest BCUT2D eigenvalue weighted by Crippen LogP contribution is -2.29. The molecular weight excluding hydrogens is 525 g/mol. The van der Waals surface area contributed by atoms with Gasteiger partial charge in [-0.15, -0.1) is 0 Å². The monoisotopic (exact) mass is 548 g/mol. The molecule has 0 saturated carbocycles. The summed E-state index contributed by atoms with van der Waals surface area (Å²) in [5.41, 5.74) is 1.68. The van der Waals surface area contributed by atoms with Gasteiger partial charge in [-0.1, -0.05) is 6.07 Å². The Labute approximate surface area is 226 Å². The Morgan fingerprint density at radius 2 is 1.75 bits per heavy atom. The van der Waals surface area contributed by atoms with Gasteiger partial charge in [0.15, 0.2) is 0 Å². The van der Waals surface area contributed by atoms with E-state index in [9.17, 15) is 27.6 Å². The van der Waals surface area contributed by atoms with E-state index in [1.807, 2.05) is 0 Å². The van der Waals surface area contributed by atoms with Crippen molar-refractivity contribution in [3.8, 4) is 5.69 Å². The van der Waals surface area contributed by atoms with Crippen molar-refractivity contribution in [3.63, 3.8) is 0 Å². The number of benzene rings is 2. The fourth-order valence-electron chi connectivity index (χ4n) is 4.46. The Kier molecular flexibility index (Phi) is 6.84.